The van der Waals surface area contributed by atoms with Gasteiger partial charge in [-0.05, 0) is 12.0 Å². The molecule has 8 nitrogen and oxygen atoms in total. The van der Waals surface area contributed by atoms with Crippen molar-refractivity contribution in [3.8, 4) is 0 Å². The SMILES string of the molecule is CC(C)COCCOCCn1cc(CNC(=O)/C=C/C(=O)C(C)C)nn1. The fourth-order valence-electron chi connectivity index (χ4n) is 1.81. The van der Waals surface area contributed by atoms with Gasteiger partial charge in [0, 0.05) is 18.6 Å². The van der Waals surface area contributed by atoms with Crippen LogP contribution in [0.15, 0.2) is 18.3 Å². The summed E-state index contributed by atoms with van der Waals surface area (Å²) in [5, 5.41) is 10.6. The Morgan fingerprint density at radius 3 is 2.58 bits per heavy atom. The second kappa shape index (κ2) is 12.3. The van der Waals surface area contributed by atoms with Gasteiger partial charge in [0.25, 0.3) is 0 Å². The van der Waals surface area contributed by atoms with Crippen LogP contribution in [0.5, 0.6) is 0 Å². The van der Waals surface area contributed by atoms with E-state index < -0.39 is 0 Å². The molecule has 1 amide bonds. The van der Waals surface area contributed by atoms with Crippen LogP contribution in [-0.4, -0.2) is 53.1 Å². The third-order valence-corrected chi connectivity index (χ3v) is 3.29. The van der Waals surface area contributed by atoms with Gasteiger partial charge >= 0.3 is 0 Å². The van der Waals surface area contributed by atoms with Crippen molar-refractivity contribution in [1.29, 1.82) is 0 Å². The lowest BCUT2D eigenvalue weighted by Gasteiger charge is -2.07. The molecule has 0 bridgehead atoms. The molecule has 0 atom stereocenters. The highest BCUT2D eigenvalue weighted by molar-refractivity contribution is 5.98. The molecule has 1 N–H and O–H groups in total. The van der Waals surface area contributed by atoms with Gasteiger partial charge in [-0.2, -0.15) is 0 Å². The average molecular weight is 366 g/mol. The predicted molar refractivity (Wildman–Crippen MR) is 97.3 cm³/mol. The van der Waals surface area contributed by atoms with Crippen LogP contribution < -0.4 is 5.32 Å². The summed E-state index contributed by atoms with van der Waals surface area (Å²) >= 11 is 0. The number of ether oxygens (including phenoxy) is 2. The van der Waals surface area contributed by atoms with E-state index in [0.717, 1.165) is 6.61 Å². The zero-order chi connectivity index (χ0) is 19.4. The van der Waals surface area contributed by atoms with Crippen LogP contribution in [0, 0.1) is 11.8 Å². The molecule has 0 aliphatic carbocycles. The Balaban J connectivity index is 2.18. The smallest absolute Gasteiger partial charge is 0.244 e. The summed E-state index contributed by atoms with van der Waals surface area (Å²) in [6.07, 6.45) is 4.28. The average Bonchev–Trinajstić information content (AvgIpc) is 3.04. The Morgan fingerprint density at radius 2 is 1.88 bits per heavy atom. The van der Waals surface area contributed by atoms with E-state index in [4.69, 9.17) is 9.47 Å². The van der Waals surface area contributed by atoms with Crippen LogP contribution in [0.25, 0.3) is 0 Å². The summed E-state index contributed by atoms with van der Waals surface area (Å²) < 4.78 is 12.6. The van der Waals surface area contributed by atoms with E-state index in [1.807, 2.05) is 0 Å². The molecule has 0 saturated heterocycles. The zero-order valence-electron chi connectivity index (χ0n) is 16.1. The van der Waals surface area contributed by atoms with Crippen molar-refractivity contribution in [2.75, 3.05) is 26.4 Å². The number of allylic oxidation sites excluding steroid dienone is 1. The lowest BCUT2D eigenvalue weighted by Crippen LogP contribution is -2.21. The summed E-state index contributed by atoms with van der Waals surface area (Å²) in [6, 6.07) is 0. The van der Waals surface area contributed by atoms with Gasteiger partial charge in [0.2, 0.25) is 5.91 Å². The first-order valence-electron chi connectivity index (χ1n) is 8.92. The topological polar surface area (TPSA) is 95.3 Å². The Kier molecular flexibility index (Phi) is 10.4. The molecule has 1 aromatic heterocycles. The number of carbonyl (C=O) groups excluding carboxylic acids is 2. The monoisotopic (exact) mass is 366 g/mol. The van der Waals surface area contributed by atoms with Crippen LogP contribution in [0.3, 0.4) is 0 Å². The fourth-order valence-corrected chi connectivity index (χ4v) is 1.81. The van der Waals surface area contributed by atoms with Crippen LogP contribution in [0.1, 0.15) is 33.4 Å². The van der Waals surface area contributed by atoms with Crippen molar-refractivity contribution in [2.24, 2.45) is 11.8 Å². The Bertz CT molecular complexity index is 582. The first kappa shape index (κ1) is 22.0. The Morgan fingerprint density at radius 1 is 1.15 bits per heavy atom. The van der Waals surface area contributed by atoms with Crippen LogP contribution in [0.2, 0.25) is 0 Å². The van der Waals surface area contributed by atoms with Gasteiger partial charge in [0.15, 0.2) is 5.78 Å². The number of amides is 1. The van der Waals surface area contributed by atoms with E-state index in [0.29, 0.717) is 38.0 Å². The molecule has 1 aromatic rings. The van der Waals surface area contributed by atoms with E-state index in [2.05, 4.69) is 29.5 Å². The van der Waals surface area contributed by atoms with E-state index in [1.165, 1.54) is 12.2 Å². The quantitative estimate of drug-likeness (QED) is 0.418. The minimum absolute atomic E-state index is 0.0827. The molecule has 146 valence electrons. The van der Waals surface area contributed by atoms with Crippen LogP contribution in [0.4, 0.5) is 0 Å². The first-order valence-corrected chi connectivity index (χ1v) is 8.92. The number of rotatable bonds is 13. The van der Waals surface area contributed by atoms with Gasteiger partial charge in [0.1, 0.15) is 5.69 Å². The molecule has 26 heavy (non-hydrogen) atoms. The van der Waals surface area contributed by atoms with Crippen LogP contribution in [-0.2, 0) is 32.2 Å². The Hall–Kier alpha value is -2.06. The number of hydrogen-bond donors (Lipinski definition) is 1. The number of hydrogen-bond acceptors (Lipinski definition) is 6. The molecule has 0 spiro atoms. The maximum atomic E-state index is 11.7. The third-order valence-electron chi connectivity index (χ3n) is 3.29. The lowest BCUT2D eigenvalue weighted by molar-refractivity contribution is -0.119. The molecule has 0 fully saturated rings. The van der Waals surface area contributed by atoms with Crippen molar-refractivity contribution in [1.82, 2.24) is 20.3 Å². The van der Waals surface area contributed by atoms with E-state index in [-0.39, 0.29) is 24.2 Å². The van der Waals surface area contributed by atoms with Gasteiger partial charge in [-0.1, -0.05) is 32.9 Å². The molecule has 0 radical (unpaired) electrons. The van der Waals surface area contributed by atoms with Crippen molar-refractivity contribution in [3.63, 3.8) is 0 Å². The maximum Gasteiger partial charge on any atom is 0.244 e. The maximum absolute atomic E-state index is 11.7. The van der Waals surface area contributed by atoms with Crippen molar-refractivity contribution in [2.45, 2.75) is 40.8 Å². The number of aromatic nitrogens is 3. The van der Waals surface area contributed by atoms with Gasteiger partial charge in [-0.25, -0.2) is 4.68 Å². The molecule has 0 unspecified atom stereocenters. The Labute approximate surface area is 154 Å². The number of nitrogens with zero attached hydrogens (tertiary/aromatic N) is 3. The van der Waals surface area contributed by atoms with Gasteiger partial charge in [0.05, 0.1) is 39.1 Å². The molecule has 1 rings (SSSR count). The predicted octanol–water partition coefficient (Wildman–Crippen LogP) is 1.36. The first-order chi connectivity index (χ1) is 12.4. The molecule has 0 aliphatic rings. The molecule has 0 aliphatic heterocycles. The van der Waals surface area contributed by atoms with Gasteiger partial charge < -0.3 is 14.8 Å². The summed E-state index contributed by atoms with van der Waals surface area (Å²) in [6.45, 7) is 11.0. The van der Waals surface area contributed by atoms with Crippen molar-refractivity contribution in [3.05, 3.63) is 24.0 Å². The highest BCUT2D eigenvalue weighted by Gasteiger charge is 2.05. The van der Waals surface area contributed by atoms with E-state index in [1.54, 1.807) is 24.7 Å². The highest BCUT2D eigenvalue weighted by Crippen LogP contribution is 1.96. The summed E-state index contributed by atoms with van der Waals surface area (Å²) in [5.41, 5.74) is 0.641. The van der Waals surface area contributed by atoms with E-state index >= 15 is 0 Å². The standard InChI is InChI=1S/C18H30N4O4/c1-14(2)13-26-10-9-25-8-7-22-12-16(20-21-22)11-19-18(24)6-5-17(23)15(3)4/h5-6,12,14-15H,7-11,13H2,1-4H3,(H,19,24)/b6-5+. The summed E-state index contributed by atoms with van der Waals surface area (Å²) in [4.78, 5) is 23.1. The molecule has 1 heterocycles. The molecule has 0 aromatic carbocycles. The normalized spacial score (nSPS) is 11.6. The number of nitrogens with one attached hydrogen (secondary N) is 1. The zero-order valence-corrected chi connectivity index (χ0v) is 16.1. The highest BCUT2D eigenvalue weighted by atomic mass is 16.5. The second-order valence-electron chi connectivity index (χ2n) is 6.66. The molecule has 8 heteroatoms. The van der Waals surface area contributed by atoms with E-state index in [9.17, 15) is 9.59 Å². The number of ketones is 1. The second-order valence-corrected chi connectivity index (χ2v) is 6.66. The fraction of sp³-hybridized carbons (Fsp3) is 0.667. The van der Waals surface area contributed by atoms with Gasteiger partial charge in [-0.15, -0.1) is 5.10 Å². The molecule has 0 saturated carbocycles. The number of carbonyl (C=O) groups is 2. The molecular formula is C18H30N4O4. The third kappa shape index (κ3) is 10.0. The van der Waals surface area contributed by atoms with Crippen molar-refractivity contribution >= 4 is 11.7 Å². The summed E-state index contributed by atoms with van der Waals surface area (Å²) in [7, 11) is 0. The minimum atomic E-state index is -0.335. The van der Waals surface area contributed by atoms with Gasteiger partial charge in [-0.3, -0.25) is 9.59 Å². The summed E-state index contributed by atoms with van der Waals surface area (Å²) in [5.74, 6) is -0.0165. The lowest BCUT2D eigenvalue weighted by atomic mass is 10.1. The molecular weight excluding hydrogens is 336 g/mol. The minimum Gasteiger partial charge on any atom is -0.379 e. The van der Waals surface area contributed by atoms with Crippen molar-refractivity contribution < 1.29 is 19.1 Å². The largest absolute Gasteiger partial charge is 0.379 e. The van der Waals surface area contributed by atoms with Crippen LogP contribution >= 0.6 is 0 Å².